The molecule has 0 aliphatic rings. The number of alkyl halides is 3. The number of amides is 2. The standard InChI is InChI=1S/C30H33ClF3N3O5S/c1-5-20(2)35-29(39)21(3)36(18-22-11-14-24(42-4)15-12-22)28(38)19-37(43(40,41)25-9-7-6-8-10-25)27-17-23(30(32,33)34)13-16-26(27)31/h6-17,20-21H,5,18-19H2,1-4H3,(H,35,39)/t20-,21-/m0/s1. The van der Waals surface area contributed by atoms with Gasteiger partial charge in [-0.3, -0.25) is 13.9 Å². The summed E-state index contributed by atoms with van der Waals surface area (Å²) in [6, 6.07) is 14.6. The third-order valence-corrected chi connectivity index (χ3v) is 8.93. The van der Waals surface area contributed by atoms with Crippen molar-refractivity contribution >= 4 is 39.1 Å². The molecule has 0 spiro atoms. The number of nitrogens with one attached hydrogen (secondary N) is 1. The first-order valence-corrected chi connectivity index (χ1v) is 15.2. The van der Waals surface area contributed by atoms with E-state index in [0.717, 1.165) is 12.1 Å². The van der Waals surface area contributed by atoms with E-state index in [0.29, 0.717) is 28.1 Å². The molecular weight excluding hydrogens is 607 g/mol. The Labute approximate surface area is 254 Å². The van der Waals surface area contributed by atoms with Crippen molar-refractivity contribution in [1.29, 1.82) is 0 Å². The van der Waals surface area contributed by atoms with Gasteiger partial charge in [-0.2, -0.15) is 13.2 Å². The van der Waals surface area contributed by atoms with E-state index >= 15 is 0 Å². The zero-order valence-corrected chi connectivity index (χ0v) is 25.6. The van der Waals surface area contributed by atoms with E-state index in [9.17, 15) is 31.2 Å². The summed E-state index contributed by atoms with van der Waals surface area (Å²) >= 11 is 6.27. The van der Waals surface area contributed by atoms with Crippen molar-refractivity contribution in [1.82, 2.24) is 10.2 Å². The molecule has 3 rings (SSSR count). The highest BCUT2D eigenvalue weighted by Crippen LogP contribution is 2.37. The van der Waals surface area contributed by atoms with Gasteiger partial charge in [-0.1, -0.05) is 48.9 Å². The Kier molecular flexibility index (Phi) is 11.1. The quantitative estimate of drug-likeness (QED) is 0.267. The molecule has 2 amide bonds. The Morgan fingerprint density at radius 2 is 1.63 bits per heavy atom. The molecule has 0 bridgehead atoms. The molecule has 1 N–H and O–H groups in total. The van der Waals surface area contributed by atoms with Gasteiger partial charge in [-0.15, -0.1) is 0 Å². The summed E-state index contributed by atoms with van der Waals surface area (Å²) < 4.78 is 74.4. The van der Waals surface area contributed by atoms with E-state index in [1.54, 1.807) is 37.3 Å². The van der Waals surface area contributed by atoms with Crippen LogP contribution in [0, 0.1) is 0 Å². The lowest BCUT2D eigenvalue weighted by atomic mass is 10.1. The van der Waals surface area contributed by atoms with E-state index in [2.05, 4.69) is 5.32 Å². The van der Waals surface area contributed by atoms with Gasteiger partial charge in [0.2, 0.25) is 11.8 Å². The van der Waals surface area contributed by atoms with Crippen molar-refractivity contribution < 1.29 is 35.9 Å². The Morgan fingerprint density at radius 1 is 1.00 bits per heavy atom. The molecule has 0 aliphatic heterocycles. The van der Waals surface area contributed by atoms with Gasteiger partial charge in [0.25, 0.3) is 10.0 Å². The molecule has 2 atom stereocenters. The Bertz CT molecular complexity index is 1520. The SMILES string of the molecule is CC[C@H](C)NC(=O)[C@H](C)N(Cc1ccc(OC)cc1)C(=O)CN(c1cc(C(F)(F)F)ccc1Cl)S(=O)(=O)c1ccccc1. The van der Waals surface area contributed by atoms with Gasteiger partial charge < -0.3 is 15.0 Å². The van der Waals surface area contributed by atoms with Crippen LogP contribution in [0.5, 0.6) is 5.75 Å². The summed E-state index contributed by atoms with van der Waals surface area (Å²) in [7, 11) is -3.11. The van der Waals surface area contributed by atoms with Crippen LogP contribution >= 0.6 is 11.6 Å². The summed E-state index contributed by atoms with van der Waals surface area (Å²) in [4.78, 5) is 28.0. The molecule has 0 aromatic heterocycles. The lowest BCUT2D eigenvalue weighted by Crippen LogP contribution is -2.52. The molecule has 3 aromatic rings. The third kappa shape index (κ3) is 8.41. The van der Waals surface area contributed by atoms with E-state index in [-0.39, 0.29) is 22.5 Å². The van der Waals surface area contributed by atoms with Gasteiger partial charge in [0.15, 0.2) is 0 Å². The van der Waals surface area contributed by atoms with Gasteiger partial charge in [-0.05, 0) is 68.3 Å². The van der Waals surface area contributed by atoms with Crippen LogP contribution in [-0.4, -0.2) is 50.9 Å². The van der Waals surface area contributed by atoms with Crippen LogP contribution in [0.2, 0.25) is 5.02 Å². The topological polar surface area (TPSA) is 96.0 Å². The second-order valence-corrected chi connectivity index (χ2v) is 12.1. The molecule has 13 heteroatoms. The van der Waals surface area contributed by atoms with Crippen molar-refractivity contribution in [3.8, 4) is 5.75 Å². The van der Waals surface area contributed by atoms with Crippen molar-refractivity contribution in [2.24, 2.45) is 0 Å². The number of benzene rings is 3. The van der Waals surface area contributed by atoms with Gasteiger partial charge in [-0.25, -0.2) is 8.42 Å². The number of carbonyl (C=O) groups excluding carboxylic acids is 2. The molecule has 0 saturated carbocycles. The summed E-state index contributed by atoms with van der Waals surface area (Å²) in [6.07, 6.45) is -4.18. The first kappa shape index (κ1) is 33.7. The average molecular weight is 640 g/mol. The van der Waals surface area contributed by atoms with E-state index < -0.39 is 51.9 Å². The van der Waals surface area contributed by atoms with Crippen LogP contribution in [0.15, 0.2) is 77.7 Å². The minimum absolute atomic E-state index is 0.104. The monoisotopic (exact) mass is 639 g/mol. The number of nitrogens with zero attached hydrogens (tertiary/aromatic N) is 2. The minimum Gasteiger partial charge on any atom is -0.497 e. The molecule has 232 valence electrons. The van der Waals surface area contributed by atoms with Crippen molar-refractivity contribution in [2.45, 2.75) is 56.9 Å². The summed E-state index contributed by atoms with van der Waals surface area (Å²) in [6.45, 7) is 4.13. The Balaban J connectivity index is 2.11. The zero-order chi connectivity index (χ0) is 31.9. The second-order valence-electron chi connectivity index (χ2n) is 9.85. The maximum Gasteiger partial charge on any atom is 0.416 e. The van der Waals surface area contributed by atoms with E-state index in [1.165, 1.54) is 43.2 Å². The molecule has 0 aliphatic carbocycles. The van der Waals surface area contributed by atoms with Crippen LogP contribution in [0.3, 0.4) is 0 Å². The first-order valence-electron chi connectivity index (χ1n) is 13.4. The first-order chi connectivity index (χ1) is 20.2. The van der Waals surface area contributed by atoms with Crippen LogP contribution in [0.4, 0.5) is 18.9 Å². The van der Waals surface area contributed by atoms with Crippen molar-refractivity contribution in [2.75, 3.05) is 18.0 Å². The van der Waals surface area contributed by atoms with E-state index in [4.69, 9.17) is 16.3 Å². The number of carbonyl (C=O) groups is 2. The number of halogens is 4. The summed E-state index contributed by atoms with van der Waals surface area (Å²) in [5, 5.41) is 2.50. The maximum absolute atomic E-state index is 14.0. The predicted molar refractivity (Wildman–Crippen MR) is 158 cm³/mol. The number of anilines is 1. The third-order valence-electron chi connectivity index (χ3n) is 6.83. The van der Waals surface area contributed by atoms with Gasteiger partial charge in [0.1, 0.15) is 18.3 Å². The van der Waals surface area contributed by atoms with Gasteiger partial charge in [0, 0.05) is 12.6 Å². The van der Waals surface area contributed by atoms with Crippen molar-refractivity contribution in [3.05, 3.63) is 88.9 Å². The zero-order valence-electron chi connectivity index (χ0n) is 24.1. The lowest BCUT2D eigenvalue weighted by Gasteiger charge is -2.33. The number of hydrogen-bond acceptors (Lipinski definition) is 5. The number of rotatable bonds is 12. The minimum atomic E-state index is -4.81. The fourth-order valence-electron chi connectivity index (χ4n) is 4.09. The molecule has 0 saturated heterocycles. The fourth-order valence-corrected chi connectivity index (χ4v) is 5.80. The Hall–Kier alpha value is -3.77. The van der Waals surface area contributed by atoms with Gasteiger partial charge in [0.05, 0.1) is 28.3 Å². The fraction of sp³-hybridized carbons (Fsp3) is 0.333. The molecule has 43 heavy (non-hydrogen) atoms. The smallest absolute Gasteiger partial charge is 0.416 e. The lowest BCUT2D eigenvalue weighted by molar-refractivity contribution is -0.139. The average Bonchev–Trinajstić information content (AvgIpc) is 2.98. The highest BCUT2D eigenvalue weighted by atomic mass is 35.5. The van der Waals surface area contributed by atoms with E-state index in [1.807, 2.05) is 6.92 Å². The molecule has 8 nitrogen and oxygen atoms in total. The molecule has 0 unspecified atom stereocenters. The van der Waals surface area contributed by atoms with Crippen molar-refractivity contribution in [3.63, 3.8) is 0 Å². The maximum atomic E-state index is 14.0. The summed E-state index contributed by atoms with van der Waals surface area (Å²) in [5.74, 6) is -0.759. The largest absolute Gasteiger partial charge is 0.497 e. The van der Waals surface area contributed by atoms with Crippen LogP contribution < -0.4 is 14.4 Å². The molecular formula is C30H33ClF3N3O5S. The van der Waals surface area contributed by atoms with Crippen LogP contribution in [0.1, 0.15) is 38.3 Å². The highest BCUT2D eigenvalue weighted by Gasteiger charge is 2.36. The Morgan fingerprint density at radius 3 is 2.19 bits per heavy atom. The highest BCUT2D eigenvalue weighted by molar-refractivity contribution is 7.92. The van der Waals surface area contributed by atoms with Crippen LogP contribution in [0.25, 0.3) is 0 Å². The molecule has 0 radical (unpaired) electrons. The summed E-state index contributed by atoms with van der Waals surface area (Å²) in [5.41, 5.74) is -1.08. The molecule has 0 fully saturated rings. The molecule has 3 aromatic carbocycles. The second kappa shape index (κ2) is 14.1. The normalized spacial score (nSPS) is 13.1. The number of hydrogen-bond donors (Lipinski definition) is 1. The van der Waals surface area contributed by atoms with Gasteiger partial charge >= 0.3 is 6.18 Å². The molecule has 0 heterocycles. The predicted octanol–water partition coefficient (Wildman–Crippen LogP) is 5.89. The number of methoxy groups -OCH3 is 1. The number of sulfonamides is 1. The van der Waals surface area contributed by atoms with Crippen LogP contribution in [-0.2, 0) is 32.3 Å². The number of ether oxygens (including phenoxy) is 1.